The van der Waals surface area contributed by atoms with Crippen LogP contribution in [-0.4, -0.2) is 16.8 Å². The molecule has 0 aliphatic carbocycles. The number of hydrogen-bond donors (Lipinski definition) is 2. The lowest BCUT2D eigenvalue weighted by Crippen LogP contribution is -2.04. The molecule has 1 rings (SSSR count). The summed E-state index contributed by atoms with van der Waals surface area (Å²) in [5.74, 6) is -2.11. The van der Waals surface area contributed by atoms with Crippen LogP contribution >= 0.6 is 15.9 Å². The standard InChI is InChI=1S/C9H9BrF2O2/c10-6-2-1-5(7(14)3-4-13)8(11)9(6)12/h1-2,7,13-14H,3-4H2/t7-/m0/s1. The van der Waals surface area contributed by atoms with Crippen LogP contribution < -0.4 is 0 Å². The summed E-state index contributed by atoms with van der Waals surface area (Å²) in [6.07, 6.45) is -1.19. The van der Waals surface area contributed by atoms with E-state index in [1.807, 2.05) is 0 Å². The highest BCUT2D eigenvalue weighted by molar-refractivity contribution is 9.10. The van der Waals surface area contributed by atoms with Crippen molar-refractivity contribution in [3.8, 4) is 0 Å². The van der Waals surface area contributed by atoms with Crippen molar-refractivity contribution < 1.29 is 19.0 Å². The Morgan fingerprint density at radius 2 is 1.93 bits per heavy atom. The molecular weight excluding hydrogens is 258 g/mol. The van der Waals surface area contributed by atoms with E-state index < -0.39 is 17.7 Å². The molecule has 0 aromatic heterocycles. The van der Waals surface area contributed by atoms with Gasteiger partial charge < -0.3 is 10.2 Å². The van der Waals surface area contributed by atoms with Crippen LogP contribution in [0.4, 0.5) is 8.78 Å². The van der Waals surface area contributed by atoms with E-state index in [0.717, 1.165) is 0 Å². The van der Waals surface area contributed by atoms with Crippen LogP contribution in [0.3, 0.4) is 0 Å². The number of rotatable bonds is 3. The van der Waals surface area contributed by atoms with Gasteiger partial charge in [0.2, 0.25) is 0 Å². The lowest BCUT2D eigenvalue weighted by Gasteiger charge is -2.11. The van der Waals surface area contributed by atoms with Gasteiger partial charge in [-0.05, 0) is 22.0 Å². The van der Waals surface area contributed by atoms with Crippen molar-refractivity contribution in [3.05, 3.63) is 33.8 Å². The second kappa shape index (κ2) is 4.82. The van der Waals surface area contributed by atoms with Crippen LogP contribution in [0.2, 0.25) is 0 Å². The van der Waals surface area contributed by atoms with Crippen molar-refractivity contribution in [2.24, 2.45) is 0 Å². The van der Waals surface area contributed by atoms with E-state index in [-0.39, 0.29) is 23.1 Å². The Kier molecular flexibility index (Phi) is 3.97. The van der Waals surface area contributed by atoms with Crippen molar-refractivity contribution in [2.75, 3.05) is 6.61 Å². The van der Waals surface area contributed by atoms with Crippen molar-refractivity contribution in [3.63, 3.8) is 0 Å². The van der Waals surface area contributed by atoms with E-state index >= 15 is 0 Å². The predicted molar refractivity (Wildman–Crippen MR) is 50.7 cm³/mol. The highest BCUT2D eigenvalue weighted by Gasteiger charge is 2.17. The van der Waals surface area contributed by atoms with E-state index in [0.29, 0.717) is 0 Å². The van der Waals surface area contributed by atoms with Crippen molar-refractivity contribution in [2.45, 2.75) is 12.5 Å². The molecule has 1 atom stereocenters. The molecule has 0 saturated carbocycles. The highest BCUT2D eigenvalue weighted by atomic mass is 79.9. The van der Waals surface area contributed by atoms with Gasteiger partial charge in [-0.25, -0.2) is 8.78 Å². The van der Waals surface area contributed by atoms with Crippen LogP contribution in [0.1, 0.15) is 18.1 Å². The van der Waals surface area contributed by atoms with Crippen LogP contribution in [-0.2, 0) is 0 Å². The van der Waals surface area contributed by atoms with Crippen molar-refractivity contribution in [1.82, 2.24) is 0 Å². The SMILES string of the molecule is OCC[C@H](O)c1ccc(Br)c(F)c1F. The zero-order valence-corrected chi connectivity index (χ0v) is 8.76. The summed E-state index contributed by atoms with van der Waals surface area (Å²) in [6.45, 7) is -0.279. The van der Waals surface area contributed by atoms with E-state index in [1.54, 1.807) is 0 Å². The monoisotopic (exact) mass is 266 g/mol. The first-order valence-electron chi connectivity index (χ1n) is 4.00. The molecule has 5 heteroatoms. The smallest absolute Gasteiger partial charge is 0.173 e. The van der Waals surface area contributed by atoms with Gasteiger partial charge in [-0.15, -0.1) is 0 Å². The van der Waals surface area contributed by atoms with Crippen LogP contribution in [0.5, 0.6) is 0 Å². The lowest BCUT2D eigenvalue weighted by molar-refractivity contribution is 0.130. The van der Waals surface area contributed by atoms with E-state index in [2.05, 4.69) is 15.9 Å². The minimum absolute atomic E-state index is 0.00921. The molecule has 0 unspecified atom stereocenters. The fraction of sp³-hybridized carbons (Fsp3) is 0.333. The second-order valence-electron chi connectivity index (χ2n) is 2.79. The van der Waals surface area contributed by atoms with E-state index in [4.69, 9.17) is 5.11 Å². The minimum atomic E-state index is -1.18. The summed E-state index contributed by atoms with van der Waals surface area (Å²) in [4.78, 5) is 0. The molecule has 0 heterocycles. The van der Waals surface area contributed by atoms with Gasteiger partial charge in [0.1, 0.15) is 0 Å². The quantitative estimate of drug-likeness (QED) is 0.824. The molecule has 0 bridgehead atoms. The lowest BCUT2D eigenvalue weighted by atomic mass is 10.1. The van der Waals surface area contributed by atoms with E-state index in [9.17, 15) is 13.9 Å². The maximum Gasteiger partial charge on any atom is 0.173 e. The second-order valence-corrected chi connectivity index (χ2v) is 3.65. The molecule has 0 amide bonds. The Morgan fingerprint density at radius 3 is 2.50 bits per heavy atom. The molecule has 0 fully saturated rings. The fourth-order valence-corrected chi connectivity index (χ4v) is 1.38. The average molecular weight is 267 g/mol. The fourth-order valence-electron chi connectivity index (χ4n) is 1.08. The highest BCUT2D eigenvalue weighted by Crippen LogP contribution is 2.26. The summed E-state index contributed by atoms with van der Waals surface area (Å²) in [6, 6.07) is 2.59. The van der Waals surface area contributed by atoms with Gasteiger partial charge in [0.05, 0.1) is 10.6 Å². The molecule has 2 N–H and O–H groups in total. The van der Waals surface area contributed by atoms with Crippen LogP contribution in [0.15, 0.2) is 16.6 Å². The van der Waals surface area contributed by atoms with Gasteiger partial charge in [0, 0.05) is 18.6 Å². The number of aliphatic hydroxyl groups excluding tert-OH is 2. The molecule has 0 spiro atoms. The van der Waals surface area contributed by atoms with Gasteiger partial charge in [0.15, 0.2) is 11.6 Å². The van der Waals surface area contributed by atoms with Gasteiger partial charge in [0.25, 0.3) is 0 Å². The molecule has 1 aromatic rings. The summed E-state index contributed by atoms with van der Waals surface area (Å²) >= 11 is 2.82. The first-order chi connectivity index (χ1) is 6.57. The maximum absolute atomic E-state index is 13.2. The van der Waals surface area contributed by atoms with Crippen molar-refractivity contribution >= 4 is 15.9 Å². The molecule has 0 aliphatic rings. The largest absolute Gasteiger partial charge is 0.396 e. The molecule has 1 aromatic carbocycles. The molecule has 0 radical (unpaired) electrons. The Hall–Kier alpha value is -0.520. The molecule has 0 aliphatic heterocycles. The summed E-state index contributed by atoms with van der Waals surface area (Å²) < 4.78 is 26.2. The Morgan fingerprint density at radius 1 is 1.29 bits per heavy atom. The molecule has 0 saturated heterocycles. The third-order valence-electron chi connectivity index (χ3n) is 1.83. The Bertz CT molecular complexity index is 331. The predicted octanol–water partition coefficient (Wildman–Crippen LogP) is 2.14. The number of benzene rings is 1. The number of hydrogen-bond acceptors (Lipinski definition) is 2. The zero-order valence-electron chi connectivity index (χ0n) is 7.17. The minimum Gasteiger partial charge on any atom is -0.396 e. The van der Waals surface area contributed by atoms with Crippen LogP contribution in [0.25, 0.3) is 0 Å². The third kappa shape index (κ3) is 2.29. The first kappa shape index (κ1) is 11.6. The van der Waals surface area contributed by atoms with E-state index in [1.165, 1.54) is 12.1 Å². The topological polar surface area (TPSA) is 40.5 Å². The first-order valence-corrected chi connectivity index (χ1v) is 4.79. The Balaban J connectivity index is 3.04. The number of halogens is 3. The van der Waals surface area contributed by atoms with Gasteiger partial charge in [-0.1, -0.05) is 6.07 Å². The summed E-state index contributed by atoms with van der Waals surface area (Å²) in [5.41, 5.74) is -0.139. The van der Waals surface area contributed by atoms with Gasteiger partial charge >= 0.3 is 0 Å². The zero-order chi connectivity index (χ0) is 10.7. The van der Waals surface area contributed by atoms with Crippen molar-refractivity contribution in [1.29, 1.82) is 0 Å². The Labute approximate surface area is 88.3 Å². The van der Waals surface area contributed by atoms with Gasteiger partial charge in [-0.2, -0.15) is 0 Å². The molecule has 2 nitrogen and oxygen atoms in total. The summed E-state index contributed by atoms with van der Waals surface area (Å²) in [7, 11) is 0. The molecule has 14 heavy (non-hydrogen) atoms. The number of aliphatic hydroxyl groups is 2. The molecule has 78 valence electrons. The van der Waals surface area contributed by atoms with Crippen LogP contribution in [0, 0.1) is 11.6 Å². The normalized spacial score (nSPS) is 12.9. The molecular formula is C9H9BrF2O2. The maximum atomic E-state index is 13.2. The summed E-state index contributed by atoms with van der Waals surface area (Å²) in [5, 5.41) is 17.9. The van der Waals surface area contributed by atoms with Gasteiger partial charge in [-0.3, -0.25) is 0 Å². The third-order valence-corrected chi connectivity index (χ3v) is 2.44. The average Bonchev–Trinajstić information content (AvgIpc) is 2.15.